The van der Waals surface area contributed by atoms with Gasteiger partial charge in [0.1, 0.15) is 18.2 Å². The van der Waals surface area contributed by atoms with Gasteiger partial charge in [-0.1, -0.05) is 29.3 Å². The summed E-state index contributed by atoms with van der Waals surface area (Å²) in [5.41, 5.74) is 0.728. The van der Waals surface area contributed by atoms with E-state index in [2.05, 4.69) is 0 Å². The number of halogens is 3. The first kappa shape index (κ1) is 14.8. The number of hydrogen-bond donors (Lipinski definition) is 0. The molecule has 0 amide bonds. The highest BCUT2D eigenvalue weighted by Crippen LogP contribution is 2.25. The standard InChI is InChI=1S/C15H11Cl2FO2/c1-9(19)13-6-11(16)4-5-15(13)20-8-10-2-3-12(17)7-14(10)18/h2-7H,8H2,1H3. The number of carbonyl (C=O) groups excluding carboxylic acids is 1. The normalized spacial score (nSPS) is 10.4. The fourth-order valence-electron chi connectivity index (χ4n) is 1.70. The lowest BCUT2D eigenvalue weighted by Crippen LogP contribution is -2.03. The molecule has 0 aliphatic heterocycles. The van der Waals surface area contributed by atoms with Crippen molar-refractivity contribution in [2.24, 2.45) is 0 Å². The van der Waals surface area contributed by atoms with Crippen molar-refractivity contribution >= 4 is 29.0 Å². The molecule has 0 unspecified atom stereocenters. The van der Waals surface area contributed by atoms with Gasteiger partial charge in [-0.25, -0.2) is 4.39 Å². The minimum atomic E-state index is -0.448. The van der Waals surface area contributed by atoms with Crippen LogP contribution in [0.15, 0.2) is 36.4 Å². The van der Waals surface area contributed by atoms with Gasteiger partial charge in [-0.05, 0) is 37.3 Å². The van der Waals surface area contributed by atoms with Gasteiger partial charge < -0.3 is 4.74 Å². The second-order valence-corrected chi connectivity index (χ2v) is 5.09. The Bertz CT molecular complexity index is 656. The van der Waals surface area contributed by atoms with E-state index in [1.54, 1.807) is 24.3 Å². The smallest absolute Gasteiger partial charge is 0.163 e. The Balaban J connectivity index is 2.20. The zero-order chi connectivity index (χ0) is 14.7. The summed E-state index contributed by atoms with van der Waals surface area (Å²) >= 11 is 11.5. The fourth-order valence-corrected chi connectivity index (χ4v) is 2.03. The van der Waals surface area contributed by atoms with Crippen LogP contribution in [0.25, 0.3) is 0 Å². The quantitative estimate of drug-likeness (QED) is 0.749. The third-order valence-corrected chi connectivity index (χ3v) is 3.19. The van der Waals surface area contributed by atoms with Gasteiger partial charge in [0.15, 0.2) is 5.78 Å². The highest BCUT2D eigenvalue weighted by molar-refractivity contribution is 6.31. The minimum absolute atomic E-state index is 0.00488. The van der Waals surface area contributed by atoms with Crippen LogP contribution in [0.3, 0.4) is 0 Å². The molecule has 0 aliphatic carbocycles. The highest BCUT2D eigenvalue weighted by Gasteiger charge is 2.11. The van der Waals surface area contributed by atoms with E-state index in [0.29, 0.717) is 26.9 Å². The van der Waals surface area contributed by atoms with Crippen LogP contribution in [0.2, 0.25) is 10.0 Å². The van der Waals surface area contributed by atoms with Crippen LogP contribution in [-0.2, 0) is 6.61 Å². The maximum Gasteiger partial charge on any atom is 0.163 e. The molecule has 0 aliphatic rings. The fraction of sp³-hybridized carbons (Fsp3) is 0.133. The Kier molecular flexibility index (Phi) is 4.63. The SMILES string of the molecule is CC(=O)c1cc(Cl)ccc1OCc1ccc(Cl)cc1F. The molecule has 0 saturated heterocycles. The van der Waals surface area contributed by atoms with E-state index in [4.69, 9.17) is 27.9 Å². The maximum atomic E-state index is 13.6. The average molecular weight is 313 g/mol. The largest absolute Gasteiger partial charge is 0.488 e. The van der Waals surface area contributed by atoms with Crippen LogP contribution in [0.4, 0.5) is 4.39 Å². The number of hydrogen-bond acceptors (Lipinski definition) is 2. The van der Waals surface area contributed by atoms with Crippen molar-refractivity contribution in [2.75, 3.05) is 0 Å². The van der Waals surface area contributed by atoms with E-state index < -0.39 is 5.82 Å². The molecule has 0 heterocycles. The van der Waals surface area contributed by atoms with Crippen LogP contribution in [0, 0.1) is 5.82 Å². The number of benzene rings is 2. The van der Waals surface area contributed by atoms with Gasteiger partial charge in [0.05, 0.1) is 5.56 Å². The Labute approximate surface area is 126 Å². The van der Waals surface area contributed by atoms with E-state index in [1.807, 2.05) is 0 Å². The van der Waals surface area contributed by atoms with Gasteiger partial charge in [0, 0.05) is 15.6 Å². The van der Waals surface area contributed by atoms with Crippen molar-refractivity contribution in [1.29, 1.82) is 0 Å². The molecule has 0 aromatic heterocycles. The van der Waals surface area contributed by atoms with Gasteiger partial charge in [0.25, 0.3) is 0 Å². The maximum absolute atomic E-state index is 13.6. The number of Topliss-reactive ketones (excluding diaryl/α,β-unsaturated/α-hetero) is 1. The lowest BCUT2D eigenvalue weighted by molar-refractivity contribution is 0.101. The number of ketones is 1. The summed E-state index contributed by atoms with van der Waals surface area (Å²) < 4.78 is 19.1. The molecule has 0 fully saturated rings. The monoisotopic (exact) mass is 312 g/mol. The number of rotatable bonds is 4. The van der Waals surface area contributed by atoms with Crippen molar-refractivity contribution in [2.45, 2.75) is 13.5 Å². The molecule has 2 aromatic carbocycles. The molecule has 2 rings (SSSR count). The molecule has 2 aromatic rings. The van der Waals surface area contributed by atoms with Crippen molar-refractivity contribution in [3.8, 4) is 5.75 Å². The Morgan fingerprint density at radius 1 is 1.15 bits per heavy atom. The molecule has 2 nitrogen and oxygen atoms in total. The summed E-state index contributed by atoms with van der Waals surface area (Å²) in [6, 6.07) is 9.07. The second-order valence-electron chi connectivity index (χ2n) is 4.22. The molecule has 5 heteroatoms. The molecule has 0 saturated carbocycles. The van der Waals surface area contributed by atoms with Crippen LogP contribution < -0.4 is 4.74 Å². The van der Waals surface area contributed by atoms with Crippen molar-refractivity contribution in [1.82, 2.24) is 0 Å². The van der Waals surface area contributed by atoms with Crippen molar-refractivity contribution in [3.63, 3.8) is 0 Å². The van der Waals surface area contributed by atoms with E-state index in [-0.39, 0.29) is 12.4 Å². The zero-order valence-corrected chi connectivity index (χ0v) is 12.1. The summed E-state index contributed by atoms with van der Waals surface area (Å²) in [5.74, 6) is -0.244. The number of ether oxygens (including phenoxy) is 1. The Hall–Kier alpha value is -1.58. The van der Waals surface area contributed by atoms with E-state index in [9.17, 15) is 9.18 Å². The van der Waals surface area contributed by atoms with Crippen molar-refractivity contribution in [3.05, 3.63) is 63.4 Å². The van der Waals surface area contributed by atoms with Gasteiger partial charge in [-0.2, -0.15) is 0 Å². The molecule has 20 heavy (non-hydrogen) atoms. The first-order chi connectivity index (χ1) is 9.47. The molecular weight excluding hydrogens is 302 g/mol. The van der Waals surface area contributed by atoms with Crippen LogP contribution >= 0.6 is 23.2 Å². The summed E-state index contributed by atoms with van der Waals surface area (Å²) in [5, 5.41) is 0.766. The summed E-state index contributed by atoms with van der Waals surface area (Å²) in [6.45, 7) is 1.42. The molecule has 0 bridgehead atoms. The van der Waals surface area contributed by atoms with E-state index >= 15 is 0 Å². The molecule has 0 atom stereocenters. The van der Waals surface area contributed by atoms with E-state index in [0.717, 1.165) is 0 Å². The summed E-state index contributed by atoms with van der Waals surface area (Å²) in [7, 11) is 0. The average Bonchev–Trinajstić information content (AvgIpc) is 2.38. The zero-order valence-electron chi connectivity index (χ0n) is 10.6. The van der Waals surface area contributed by atoms with Gasteiger partial charge in [-0.15, -0.1) is 0 Å². The summed E-state index contributed by atoms with van der Waals surface area (Å²) in [4.78, 5) is 11.5. The lowest BCUT2D eigenvalue weighted by Gasteiger charge is -2.11. The molecule has 0 spiro atoms. The van der Waals surface area contributed by atoms with Crippen LogP contribution in [0.5, 0.6) is 5.75 Å². The summed E-state index contributed by atoms with van der Waals surface area (Å²) in [6.07, 6.45) is 0. The second kappa shape index (κ2) is 6.25. The number of carbonyl (C=O) groups is 1. The van der Waals surface area contributed by atoms with Crippen LogP contribution in [0.1, 0.15) is 22.8 Å². The Morgan fingerprint density at radius 3 is 2.45 bits per heavy atom. The predicted molar refractivity (Wildman–Crippen MR) is 77.2 cm³/mol. The van der Waals surface area contributed by atoms with Gasteiger partial charge >= 0.3 is 0 Å². The molecule has 0 N–H and O–H groups in total. The highest BCUT2D eigenvalue weighted by atomic mass is 35.5. The Morgan fingerprint density at radius 2 is 1.80 bits per heavy atom. The van der Waals surface area contributed by atoms with Crippen LogP contribution in [-0.4, -0.2) is 5.78 Å². The van der Waals surface area contributed by atoms with Crippen molar-refractivity contribution < 1.29 is 13.9 Å². The third kappa shape index (κ3) is 3.50. The van der Waals surface area contributed by atoms with Gasteiger partial charge in [-0.3, -0.25) is 4.79 Å². The van der Waals surface area contributed by atoms with Gasteiger partial charge in [0.2, 0.25) is 0 Å². The molecule has 104 valence electrons. The topological polar surface area (TPSA) is 26.3 Å². The predicted octanol–water partition coefficient (Wildman–Crippen LogP) is 4.91. The first-order valence-corrected chi connectivity index (χ1v) is 6.60. The first-order valence-electron chi connectivity index (χ1n) is 5.84. The van der Waals surface area contributed by atoms with E-state index in [1.165, 1.54) is 19.1 Å². The molecule has 0 radical (unpaired) electrons. The lowest BCUT2D eigenvalue weighted by atomic mass is 10.1. The third-order valence-electron chi connectivity index (χ3n) is 2.72. The molecular formula is C15H11Cl2FO2. The minimum Gasteiger partial charge on any atom is -0.488 e.